The van der Waals surface area contributed by atoms with Gasteiger partial charge in [-0.2, -0.15) is 0 Å². The van der Waals surface area contributed by atoms with Crippen LogP contribution in [0.15, 0.2) is 18.3 Å². The van der Waals surface area contributed by atoms with Crippen LogP contribution in [0.2, 0.25) is 0 Å². The zero-order valence-corrected chi connectivity index (χ0v) is 9.73. The molecule has 1 fully saturated rings. The Morgan fingerprint density at radius 2 is 2.38 bits per heavy atom. The van der Waals surface area contributed by atoms with Gasteiger partial charge >= 0.3 is 0 Å². The van der Waals surface area contributed by atoms with Crippen molar-refractivity contribution in [2.24, 2.45) is 0 Å². The zero-order chi connectivity index (χ0) is 11.5. The summed E-state index contributed by atoms with van der Waals surface area (Å²) < 4.78 is 0. The summed E-state index contributed by atoms with van der Waals surface area (Å²) in [6.45, 7) is 6.46. The van der Waals surface area contributed by atoms with Crippen molar-refractivity contribution in [3.63, 3.8) is 0 Å². The average Bonchev–Trinajstić information content (AvgIpc) is 2.23. The first-order valence-electron chi connectivity index (χ1n) is 5.67. The lowest BCUT2D eigenvalue weighted by atomic mass is 10.1. The first-order chi connectivity index (χ1) is 7.74. The molecule has 0 radical (unpaired) electrons. The molecule has 0 aromatic carbocycles. The highest BCUT2D eigenvalue weighted by molar-refractivity contribution is 5.93. The third-order valence-electron chi connectivity index (χ3n) is 3.01. The summed E-state index contributed by atoms with van der Waals surface area (Å²) in [6, 6.07) is 4.11. The predicted molar refractivity (Wildman–Crippen MR) is 62.3 cm³/mol. The van der Waals surface area contributed by atoms with E-state index in [1.165, 1.54) is 0 Å². The number of aromatic nitrogens is 1. The molecule has 1 aliphatic heterocycles. The first-order valence-corrected chi connectivity index (χ1v) is 5.67. The van der Waals surface area contributed by atoms with Gasteiger partial charge < -0.3 is 10.2 Å². The summed E-state index contributed by atoms with van der Waals surface area (Å²) in [5, 5.41) is 3.18. The normalized spacial score (nSPS) is 15.6. The van der Waals surface area contributed by atoms with E-state index in [2.05, 4.69) is 10.3 Å². The van der Waals surface area contributed by atoms with Crippen LogP contribution < -0.4 is 5.32 Å². The standard InChI is InChI=1S/C12H17N3O/c1-3-15(10-7-13-8-10)12(16)11-9(2)5-4-6-14-11/h4-6,10,13H,3,7-8H2,1-2H3. The second-order valence-electron chi connectivity index (χ2n) is 4.07. The molecule has 4 nitrogen and oxygen atoms in total. The van der Waals surface area contributed by atoms with Gasteiger partial charge in [0, 0.05) is 25.8 Å². The molecule has 1 aromatic heterocycles. The Bertz CT molecular complexity index is 388. The molecule has 1 amide bonds. The highest BCUT2D eigenvalue weighted by atomic mass is 16.2. The van der Waals surface area contributed by atoms with Gasteiger partial charge in [0.05, 0.1) is 6.04 Å². The minimum absolute atomic E-state index is 0.0482. The van der Waals surface area contributed by atoms with E-state index in [4.69, 9.17) is 0 Å². The van der Waals surface area contributed by atoms with E-state index in [1.54, 1.807) is 6.20 Å². The molecule has 1 N–H and O–H groups in total. The van der Waals surface area contributed by atoms with Gasteiger partial charge in [0.1, 0.15) is 5.69 Å². The number of hydrogen-bond donors (Lipinski definition) is 1. The van der Waals surface area contributed by atoms with Crippen LogP contribution in [0.25, 0.3) is 0 Å². The van der Waals surface area contributed by atoms with Crippen molar-refractivity contribution in [2.75, 3.05) is 19.6 Å². The van der Waals surface area contributed by atoms with Gasteiger partial charge in [-0.05, 0) is 25.5 Å². The molecular formula is C12H17N3O. The van der Waals surface area contributed by atoms with Crippen molar-refractivity contribution in [3.05, 3.63) is 29.6 Å². The molecule has 0 bridgehead atoms. The largest absolute Gasteiger partial charge is 0.332 e. The van der Waals surface area contributed by atoms with Crippen molar-refractivity contribution in [2.45, 2.75) is 19.9 Å². The summed E-state index contributed by atoms with van der Waals surface area (Å²) in [4.78, 5) is 18.3. The molecule has 0 atom stereocenters. The molecular weight excluding hydrogens is 202 g/mol. The number of likely N-dealkylation sites (N-methyl/N-ethyl adjacent to an activating group) is 1. The predicted octanol–water partition coefficient (Wildman–Crippen LogP) is 0.824. The van der Waals surface area contributed by atoms with Gasteiger partial charge in [-0.15, -0.1) is 0 Å². The van der Waals surface area contributed by atoms with Gasteiger partial charge in [0.25, 0.3) is 5.91 Å². The summed E-state index contributed by atoms with van der Waals surface area (Å²) in [5.41, 5.74) is 1.52. The van der Waals surface area contributed by atoms with Crippen LogP contribution in [-0.4, -0.2) is 41.5 Å². The van der Waals surface area contributed by atoms with Gasteiger partial charge in [0.15, 0.2) is 0 Å². The van der Waals surface area contributed by atoms with Crippen LogP contribution in [0.4, 0.5) is 0 Å². The van der Waals surface area contributed by atoms with E-state index in [0.29, 0.717) is 11.7 Å². The van der Waals surface area contributed by atoms with Gasteiger partial charge in [-0.1, -0.05) is 6.07 Å². The number of aryl methyl sites for hydroxylation is 1. The molecule has 4 heteroatoms. The zero-order valence-electron chi connectivity index (χ0n) is 9.73. The van der Waals surface area contributed by atoms with E-state index in [-0.39, 0.29) is 5.91 Å². The third-order valence-corrected chi connectivity index (χ3v) is 3.01. The van der Waals surface area contributed by atoms with Crippen LogP contribution in [0.5, 0.6) is 0 Å². The monoisotopic (exact) mass is 219 g/mol. The highest BCUT2D eigenvalue weighted by Crippen LogP contribution is 2.12. The minimum atomic E-state index is 0.0482. The number of nitrogens with zero attached hydrogens (tertiary/aromatic N) is 2. The fraction of sp³-hybridized carbons (Fsp3) is 0.500. The molecule has 2 heterocycles. The fourth-order valence-electron chi connectivity index (χ4n) is 1.91. The summed E-state index contributed by atoms with van der Waals surface area (Å²) >= 11 is 0. The van der Waals surface area contributed by atoms with Crippen molar-refractivity contribution in [1.82, 2.24) is 15.2 Å². The van der Waals surface area contributed by atoms with Crippen LogP contribution in [0.1, 0.15) is 23.0 Å². The number of nitrogens with one attached hydrogen (secondary N) is 1. The number of rotatable bonds is 3. The Kier molecular flexibility index (Phi) is 3.19. The molecule has 1 aromatic rings. The fourth-order valence-corrected chi connectivity index (χ4v) is 1.91. The lowest BCUT2D eigenvalue weighted by Gasteiger charge is -2.37. The Morgan fingerprint density at radius 1 is 1.62 bits per heavy atom. The van der Waals surface area contributed by atoms with Crippen molar-refractivity contribution in [1.29, 1.82) is 0 Å². The van der Waals surface area contributed by atoms with E-state index >= 15 is 0 Å². The lowest BCUT2D eigenvalue weighted by Crippen LogP contribution is -2.58. The van der Waals surface area contributed by atoms with E-state index in [1.807, 2.05) is 30.9 Å². The molecule has 0 unspecified atom stereocenters. The van der Waals surface area contributed by atoms with E-state index in [9.17, 15) is 4.79 Å². The molecule has 1 aliphatic rings. The molecule has 0 spiro atoms. The van der Waals surface area contributed by atoms with Crippen LogP contribution >= 0.6 is 0 Å². The summed E-state index contributed by atoms with van der Waals surface area (Å²) in [5.74, 6) is 0.0482. The van der Waals surface area contributed by atoms with Crippen molar-refractivity contribution >= 4 is 5.91 Å². The molecule has 2 rings (SSSR count). The smallest absolute Gasteiger partial charge is 0.273 e. The Morgan fingerprint density at radius 3 is 2.88 bits per heavy atom. The van der Waals surface area contributed by atoms with E-state index in [0.717, 1.165) is 25.2 Å². The maximum Gasteiger partial charge on any atom is 0.273 e. The van der Waals surface area contributed by atoms with Crippen molar-refractivity contribution in [3.8, 4) is 0 Å². The highest BCUT2D eigenvalue weighted by Gasteiger charge is 2.29. The topological polar surface area (TPSA) is 45.2 Å². The quantitative estimate of drug-likeness (QED) is 0.818. The molecule has 16 heavy (non-hydrogen) atoms. The first kappa shape index (κ1) is 11.1. The molecule has 0 saturated carbocycles. The summed E-state index contributed by atoms with van der Waals surface area (Å²) in [7, 11) is 0. The van der Waals surface area contributed by atoms with Crippen LogP contribution in [-0.2, 0) is 0 Å². The van der Waals surface area contributed by atoms with E-state index < -0.39 is 0 Å². The summed E-state index contributed by atoms with van der Waals surface area (Å²) in [6.07, 6.45) is 1.67. The maximum absolute atomic E-state index is 12.3. The lowest BCUT2D eigenvalue weighted by molar-refractivity contribution is 0.0623. The third kappa shape index (κ3) is 1.93. The van der Waals surface area contributed by atoms with Gasteiger partial charge in [0.2, 0.25) is 0 Å². The molecule has 1 saturated heterocycles. The number of amides is 1. The van der Waals surface area contributed by atoms with Crippen LogP contribution in [0.3, 0.4) is 0 Å². The number of pyridine rings is 1. The van der Waals surface area contributed by atoms with Gasteiger partial charge in [-0.3, -0.25) is 9.78 Å². The number of carbonyl (C=O) groups excluding carboxylic acids is 1. The molecule has 0 aliphatic carbocycles. The minimum Gasteiger partial charge on any atom is -0.332 e. The number of hydrogen-bond acceptors (Lipinski definition) is 3. The maximum atomic E-state index is 12.3. The second kappa shape index (κ2) is 4.61. The van der Waals surface area contributed by atoms with Gasteiger partial charge in [-0.25, -0.2) is 0 Å². The Balaban J connectivity index is 2.19. The molecule has 86 valence electrons. The number of carbonyl (C=O) groups is 1. The Labute approximate surface area is 95.7 Å². The SMILES string of the molecule is CCN(C(=O)c1ncccc1C)C1CNC1. The van der Waals surface area contributed by atoms with Crippen molar-refractivity contribution < 1.29 is 4.79 Å². The second-order valence-corrected chi connectivity index (χ2v) is 4.07. The average molecular weight is 219 g/mol. The Hall–Kier alpha value is -1.42. The van der Waals surface area contributed by atoms with Crippen LogP contribution in [0, 0.1) is 6.92 Å².